The fourth-order valence-electron chi connectivity index (χ4n) is 3.63. The minimum Gasteiger partial charge on any atom is -0.504 e. The van der Waals surface area contributed by atoms with E-state index in [1.165, 1.54) is 44.4 Å². The average Bonchev–Trinajstić information content (AvgIpc) is 3.11. The van der Waals surface area contributed by atoms with Crippen molar-refractivity contribution in [3.63, 3.8) is 0 Å². The van der Waals surface area contributed by atoms with Crippen molar-refractivity contribution in [1.29, 1.82) is 0 Å². The summed E-state index contributed by atoms with van der Waals surface area (Å²) in [6.45, 7) is 2.12. The lowest BCUT2D eigenvalue weighted by Crippen LogP contribution is -2.24. The summed E-state index contributed by atoms with van der Waals surface area (Å²) in [5, 5.41) is 9.65. The van der Waals surface area contributed by atoms with Crippen LogP contribution in [0.15, 0.2) is 54.6 Å². The summed E-state index contributed by atoms with van der Waals surface area (Å²) in [6.07, 6.45) is 1.62. The first-order chi connectivity index (χ1) is 16.6. The zero-order valence-electron chi connectivity index (χ0n) is 19.6. The Labute approximate surface area is 201 Å². The Kier molecular flexibility index (Phi) is 7.91. The average molecular weight is 485 g/mol. The predicted octanol–water partition coefficient (Wildman–Crippen LogP) is 5.24. The van der Waals surface area contributed by atoms with Gasteiger partial charge in [-0.1, -0.05) is 6.07 Å². The Morgan fingerprint density at radius 3 is 2.37 bits per heavy atom. The first-order valence-corrected chi connectivity index (χ1v) is 10.6. The van der Waals surface area contributed by atoms with Gasteiger partial charge in [0.15, 0.2) is 17.6 Å². The molecule has 1 unspecified atom stereocenters. The zero-order chi connectivity index (χ0) is 25.7. The summed E-state index contributed by atoms with van der Waals surface area (Å²) in [6, 6.07) is 12.3. The molecule has 1 N–H and O–H groups in total. The number of carbonyl (C=O) groups excluding carboxylic acids is 2. The third kappa shape index (κ3) is 6.06. The second-order valence-electron chi connectivity index (χ2n) is 7.70. The van der Waals surface area contributed by atoms with Crippen molar-refractivity contribution in [2.24, 2.45) is 0 Å². The molecule has 0 bridgehead atoms. The van der Waals surface area contributed by atoms with E-state index in [1.54, 1.807) is 48.7 Å². The molecule has 0 saturated heterocycles. The highest BCUT2D eigenvalue weighted by molar-refractivity contribution is 6.02. The Balaban J connectivity index is 1.71. The summed E-state index contributed by atoms with van der Waals surface area (Å²) in [5.41, 5.74) is 3.00. The quantitative estimate of drug-likeness (QED) is 0.254. The molecule has 0 aliphatic rings. The maximum atomic E-state index is 13.0. The molecular formula is C26H25F2NO6. The van der Waals surface area contributed by atoms with Crippen LogP contribution in [0.5, 0.6) is 17.2 Å². The number of hydrogen-bond donors (Lipinski definition) is 1. The van der Waals surface area contributed by atoms with Gasteiger partial charge < -0.3 is 23.9 Å². The Morgan fingerprint density at radius 2 is 1.74 bits per heavy atom. The number of aromatic hydroxyl groups is 1. The molecule has 1 aromatic heterocycles. The number of esters is 1. The van der Waals surface area contributed by atoms with Crippen LogP contribution in [0.4, 0.5) is 8.78 Å². The van der Waals surface area contributed by atoms with Crippen LogP contribution >= 0.6 is 0 Å². The number of ether oxygens (including phenoxy) is 3. The molecule has 35 heavy (non-hydrogen) atoms. The first-order valence-electron chi connectivity index (χ1n) is 10.6. The van der Waals surface area contributed by atoms with Gasteiger partial charge >= 0.3 is 12.6 Å². The molecule has 0 radical (unpaired) electrons. The van der Waals surface area contributed by atoms with Gasteiger partial charge in [-0.25, -0.2) is 4.79 Å². The lowest BCUT2D eigenvalue weighted by Gasteiger charge is -2.13. The molecular weight excluding hydrogens is 460 g/mol. The Bertz CT molecular complexity index is 1250. The van der Waals surface area contributed by atoms with Gasteiger partial charge in [-0.05, 0) is 74.9 Å². The van der Waals surface area contributed by atoms with Gasteiger partial charge in [0, 0.05) is 28.7 Å². The van der Waals surface area contributed by atoms with Crippen LogP contribution in [0.2, 0.25) is 0 Å². The highest BCUT2D eigenvalue weighted by atomic mass is 19.3. The molecule has 184 valence electrons. The van der Waals surface area contributed by atoms with Gasteiger partial charge in [-0.2, -0.15) is 8.78 Å². The van der Waals surface area contributed by atoms with E-state index in [1.807, 2.05) is 0 Å². The van der Waals surface area contributed by atoms with Gasteiger partial charge in [-0.15, -0.1) is 0 Å². The summed E-state index contributed by atoms with van der Waals surface area (Å²) < 4.78 is 41.3. The molecule has 1 heterocycles. The van der Waals surface area contributed by atoms with Crippen molar-refractivity contribution in [3.05, 3.63) is 77.1 Å². The summed E-state index contributed by atoms with van der Waals surface area (Å²) in [7, 11) is 1.41. The third-order valence-corrected chi connectivity index (χ3v) is 5.29. The Morgan fingerprint density at radius 1 is 1.06 bits per heavy atom. The van der Waals surface area contributed by atoms with E-state index in [0.717, 1.165) is 5.69 Å². The summed E-state index contributed by atoms with van der Waals surface area (Å²) in [5.74, 6) is -0.824. The number of halogens is 2. The monoisotopic (exact) mass is 485 g/mol. The molecule has 3 rings (SSSR count). The number of rotatable bonds is 9. The number of phenolic OH excluding ortho intramolecular Hbond substituents is 1. The molecule has 2 aromatic carbocycles. The van der Waals surface area contributed by atoms with Crippen LogP contribution in [0.1, 0.15) is 34.2 Å². The first kappa shape index (κ1) is 25.5. The molecule has 0 amide bonds. The normalized spacial score (nSPS) is 12.1. The second-order valence-corrected chi connectivity index (χ2v) is 7.70. The largest absolute Gasteiger partial charge is 0.504 e. The van der Waals surface area contributed by atoms with Crippen molar-refractivity contribution in [3.8, 4) is 22.9 Å². The van der Waals surface area contributed by atoms with E-state index in [4.69, 9.17) is 9.47 Å². The number of aryl methyl sites for hydroxylation is 1. The van der Waals surface area contributed by atoms with E-state index < -0.39 is 18.7 Å². The molecule has 9 heteroatoms. The molecule has 1 atom stereocenters. The lowest BCUT2D eigenvalue weighted by molar-refractivity contribution is -0.140. The van der Waals surface area contributed by atoms with E-state index in [2.05, 4.69) is 4.74 Å². The van der Waals surface area contributed by atoms with Gasteiger partial charge in [-0.3, -0.25) is 4.79 Å². The molecule has 0 fully saturated rings. The minimum atomic E-state index is -2.91. The van der Waals surface area contributed by atoms with E-state index in [-0.39, 0.29) is 23.0 Å². The number of aromatic nitrogens is 1. The second kappa shape index (κ2) is 10.9. The van der Waals surface area contributed by atoms with Crippen LogP contribution < -0.4 is 9.47 Å². The molecule has 3 aromatic rings. The molecule has 7 nitrogen and oxygen atoms in total. The van der Waals surface area contributed by atoms with E-state index in [0.29, 0.717) is 22.5 Å². The number of phenols is 1. The van der Waals surface area contributed by atoms with Crippen molar-refractivity contribution in [1.82, 2.24) is 4.57 Å². The number of nitrogens with zero attached hydrogens (tertiary/aromatic N) is 1. The van der Waals surface area contributed by atoms with E-state index in [9.17, 15) is 23.5 Å². The third-order valence-electron chi connectivity index (χ3n) is 5.29. The molecule has 0 aliphatic carbocycles. The SMILES string of the molecule is COc1cc(C=CC(=O)OC(C)C(=O)c2cc(C)n(-c3ccc(OC(F)F)cc3)c2C)ccc1O. The number of methoxy groups -OCH3 is 1. The topological polar surface area (TPSA) is 87.0 Å². The molecule has 0 saturated carbocycles. The number of alkyl halides is 2. The fraction of sp³-hybridized carbons (Fsp3) is 0.231. The number of ketones is 1. The maximum Gasteiger partial charge on any atom is 0.387 e. The van der Waals surface area contributed by atoms with Crippen LogP contribution in [-0.2, 0) is 9.53 Å². The van der Waals surface area contributed by atoms with Crippen LogP contribution in [0, 0.1) is 13.8 Å². The van der Waals surface area contributed by atoms with Gasteiger partial charge in [0.1, 0.15) is 5.75 Å². The minimum absolute atomic E-state index is 0.0264. The molecule has 0 spiro atoms. The van der Waals surface area contributed by atoms with Crippen molar-refractivity contribution < 1.29 is 37.7 Å². The standard InChI is InChI=1S/C26H25F2NO6/c1-15-13-21(16(2)29(15)19-7-9-20(10-8-19)35-26(27)28)25(32)17(3)34-24(31)12-6-18-5-11-22(30)23(14-18)33-4/h5-14,17,26,30H,1-4H3. The highest BCUT2D eigenvalue weighted by Gasteiger charge is 2.24. The van der Waals surface area contributed by atoms with Crippen LogP contribution in [0.3, 0.4) is 0 Å². The van der Waals surface area contributed by atoms with Gasteiger partial charge in [0.2, 0.25) is 5.78 Å². The van der Waals surface area contributed by atoms with Gasteiger partial charge in [0.25, 0.3) is 0 Å². The van der Waals surface area contributed by atoms with E-state index >= 15 is 0 Å². The van der Waals surface area contributed by atoms with Gasteiger partial charge in [0.05, 0.1) is 7.11 Å². The zero-order valence-corrected chi connectivity index (χ0v) is 19.6. The number of carbonyl (C=O) groups is 2. The lowest BCUT2D eigenvalue weighted by atomic mass is 10.1. The number of Topliss-reactive ketones (excluding diaryl/α,β-unsaturated/α-hetero) is 1. The van der Waals surface area contributed by atoms with Crippen molar-refractivity contribution in [2.75, 3.05) is 7.11 Å². The number of hydrogen-bond acceptors (Lipinski definition) is 6. The number of benzene rings is 2. The van der Waals surface area contributed by atoms with Crippen LogP contribution in [-0.4, -0.2) is 41.3 Å². The Hall–Kier alpha value is -4.14. The molecule has 0 aliphatic heterocycles. The van der Waals surface area contributed by atoms with Crippen molar-refractivity contribution in [2.45, 2.75) is 33.5 Å². The summed E-state index contributed by atoms with van der Waals surface area (Å²) >= 11 is 0. The van der Waals surface area contributed by atoms with Crippen molar-refractivity contribution >= 4 is 17.8 Å². The van der Waals surface area contributed by atoms with Crippen LogP contribution in [0.25, 0.3) is 11.8 Å². The predicted molar refractivity (Wildman–Crippen MR) is 125 cm³/mol. The smallest absolute Gasteiger partial charge is 0.387 e. The summed E-state index contributed by atoms with van der Waals surface area (Å²) in [4.78, 5) is 25.3. The maximum absolute atomic E-state index is 13.0. The highest BCUT2D eigenvalue weighted by Crippen LogP contribution is 2.27. The fourth-order valence-corrected chi connectivity index (χ4v) is 3.63.